The van der Waals surface area contributed by atoms with E-state index in [-0.39, 0.29) is 5.76 Å². The Balaban J connectivity index is 0.000000681. The van der Waals surface area contributed by atoms with Gasteiger partial charge in [0.1, 0.15) is 15.9 Å². The molecular formula is C32H25BF4IOP. The van der Waals surface area contributed by atoms with Crippen LogP contribution in [0.2, 0.25) is 0 Å². The highest BCUT2D eigenvalue weighted by molar-refractivity contribution is 7.98. The molecule has 40 heavy (non-hydrogen) atoms. The fraction of sp³-hybridized carbons (Fsp3) is 0. The van der Waals surface area contributed by atoms with Crippen molar-refractivity contribution in [1.29, 1.82) is 0 Å². The molecule has 0 saturated heterocycles. The molecule has 0 saturated carbocycles. The molecule has 0 aliphatic rings. The summed E-state index contributed by atoms with van der Waals surface area (Å²) in [4.78, 5) is 0. The van der Waals surface area contributed by atoms with Gasteiger partial charge < -0.3 is 22.4 Å². The van der Waals surface area contributed by atoms with E-state index < -0.39 is 35.7 Å². The van der Waals surface area contributed by atoms with Gasteiger partial charge in [-0.25, -0.2) is 0 Å². The predicted octanol–water partition coefficient (Wildman–Crippen LogP) is 3.93. The molecule has 5 aromatic rings. The molecule has 0 N–H and O–H groups in total. The van der Waals surface area contributed by atoms with Gasteiger partial charge in [0.05, 0.1) is 0 Å². The first-order chi connectivity index (χ1) is 19.3. The van der Waals surface area contributed by atoms with Crippen LogP contribution in [0.3, 0.4) is 0 Å². The van der Waals surface area contributed by atoms with Crippen LogP contribution in [-0.2, 0) is 0 Å². The van der Waals surface area contributed by atoms with Crippen molar-refractivity contribution in [2.45, 2.75) is 0 Å². The Hall–Kier alpha value is -3.42. The standard InChI is InChI=1S/C32H25IOP.BF4/c34-31(26-16-6-1-7-17-26)32(33-27-18-8-2-9-19-27)35(28-20-10-3-11-21-28,29-22-12-4-13-23-29)30-24-14-5-15-25-30;2-1(3,4)5/h1-25H;/q+1;-1/b32-31-;. The molecule has 0 aromatic heterocycles. The first kappa shape index (κ1) is 29.6. The summed E-state index contributed by atoms with van der Waals surface area (Å²) in [5, 5.41) is 18.2. The van der Waals surface area contributed by atoms with E-state index in [1.807, 2.05) is 36.4 Å². The van der Waals surface area contributed by atoms with Crippen molar-refractivity contribution in [3.05, 3.63) is 164 Å². The molecule has 0 radical (unpaired) electrons. The molecule has 5 aromatic carbocycles. The normalized spacial score (nSPS) is 12.1. The van der Waals surface area contributed by atoms with Gasteiger partial charge in [-0.3, -0.25) is 0 Å². The average Bonchev–Trinajstić information content (AvgIpc) is 2.98. The second-order valence-electron chi connectivity index (χ2n) is 8.55. The Morgan fingerprint density at radius 1 is 0.500 bits per heavy atom. The first-order valence-electron chi connectivity index (χ1n) is 12.4. The zero-order valence-corrected chi connectivity index (χ0v) is 24.3. The lowest BCUT2D eigenvalue weighted by Gasteiger charge is -2.27. The molecule has 0 aliphatic carbocycles. The SMILES string of the molecule is F[B-](F)(F)F.[O-]/C(=C(/[I+]c1ccccc1)[P+](c1ccccc1)(c1ccccc1)c1ccccc1)c1ccccc1. The van der Waals surface area contributed by atoms with E-state index in [2.05, 4.69) is 115 Å². The summed E-state index contributed by atoms with van der Waals surface area (Å²) in [5.41, 5.74) is 0.755. The highest BCUT2D eigenvalue weighted by Crippen LogP contribution is 2.60. The second-order valence-corrected chi connectivity index (χ2v) is 15.6. The fourth-order valence-corrected chi connectivity index (χ4v) is 14.5. The van der Waals surface area contributed by atoms with E-state index in [1.165, 1.54) is 19.5 Å². The molecule has 5 rings (SSSR count). The Kier molecular flexibility index (Phi) is 10.2. The van der Waals surface area contributed by atoms with Crippen molar-refractivity contribution in [3.8, 4) is 0 Å². The van der Waals surface area contributed by atoms with E-state index in [4.69, 9.17) is 0 Å². The highest BCUT2D eigenvalue weighted by Gasteiger charge is 2.57. The van der Waals surface area contributed by atoms with Crippen molar-refractivity contribution in [2.75, 3.05) is 0 Å². The van der Waals surface area contributed by atoms with E-state index in [9.17, 15) is 22.4 Å². The summed E-state index contributed by atoms with van der Waals surface area (Å²) in [5.74, 6) is 0.159. The van der Waals surface area contributed by atoms with Gasteiger partial charge in [0.25, 0.3) is 0 Å². The highest BCUT2D eigenvalue weighted by atomic mass is 127. The summed E-state index contributed by atoms with van der Waals surface area (Å²) < 4.78 is 41.3. The largest absolute Gasteiger partial charge is 0.867 e. The summed E-state index contributed by atoms with van der Waals surface area (Å²) in [6.07, 6.45) is 0. The van der Waals surface area contributed by atoms with Gasteiger partial charge in [-0.15, -0.1) is 0 Å². The van der Waals surface area contributed by atoms with Gasteiger partial charge in [0.15, 0.2) is 10.8 Å². The molecule has 8 heteroatoms. The van der Waals surface area contributed by atoms with Crippen molar-refractivity contribution >= 4 is 36.2 Å². The monoisotopic (exact) mass is 670 g/mol. The number of halogens is 5. The van der Waals surface area contributed by atoms with Crippen molar-refractivity contribution < 1.29 is 43.6 Å². The van der Waals surface area contributed by atoms with Crippen LogP contribution in [0.5, 0.6) is 0 Å². The Labute approximate surface area is 242 Å². The maximum absolute atomic E-state index is 14.5. The lowest BCUT2D eigenvalue weighted by atomic mass is 10.2. The van der Waals surface area contributed by atoms with Crippen molar-refractivity contribution in [3.63, 3.8) is 0 Å². The first-order valence-corrected chi connectivity index (χ1v) is 16.3. The molecule has 1 nitrogen and oxygen atoms in total. The number of benzene rings is 5. The number of hydrogen-bond donors (Lipinski definition) is 0. The van der Waals surface area contributed by atoms with Crippen LogP contribution in [0.1, 0.15) is 5.56 Å². The van der Waals surface area contributed by atoms with E-state index in [0.717, 1.165) is 8.88 Å². The smallest absolute Gasteiger partial charge is 0.673 e. The number of hydrogen-bond acceptors (Lipinski definition) is 1. The van der Waals surface area contributed by atoms with Crippen molar-refractivity contribution in [2.24, 2.45) is 0 Å². The van der Waals surface area contributed by atoms with E-state index in [0.29, 0.717) is 0 Å². The van der Waals surface area contributed by atoms with Gasteiger partial charge >= 0.3 is 31.8 Å². The Morgan fingerprint density at radius 2 is 0.800 bits per heavy atom. The third kappa shape index (κ3) is 7.40. The zero-order valence-electron chi connectivity index (χ0n) is 21.3. The third-order valence-corrected chi connectivity index (χ3v) is 15.0. The molecule has 0 bridgehead atoms. The van der Waals surface area contributed by atoms with Gasteiger partial charge in [-0.05, 0) is 59.9 Å². The maximum Gasteiger partial charge on any atom is 0.673 e. The average molecular weight is 670 g/mol. The van der Waals surface area contributed by atoms with Gasteiger partial charge in [-0.2, -0.15) is 0 Å². The number of rotatable bonds is 7. The summed E-state index contributed by atoms with van der Waals surface area (Å²) in [7, 11) is -8.43. The van der Waals surface area contributed by atoms with Gasteiger partial charge in [0.2, 0.25) is 0 Å². The molecule has 0 amide bonds. The van der Waals surface area contributed by atoms with Crippen molar-refractivity contribution in [1.82, 2.24) is 0 Å². The molecule has 0 spiro atoms. The minimum atomic E-state index is -6.00. The second kappa shape index (κ2) is 13.8. The molecule has 202 valence electrons. The summed E-state index contributed by atoms with van der Waals surface area (Å²) >= 11 is -0.756. The van der Waals surface area contributed by atoms with Crippen LogP contribution in [0, 0.1) is 3.57 Å². The van der Waals surface area contributed by atoms with Crippen LogP contribution in [0.15, 0.2) is 155 Å². The van der Waals surface area contributed by atoms with Crippen LogP contribution in [0.4, 0.5) is 17.3 Å². The van der Waals surface area contributed by atoms with Crippen LogP contribution < -0.4 is 42.2 Å². The van der Waals surface area contributed by atoms with Crippen LogP contribution in [-0.4, -0.2) is 7.25 Å². The molecule has 0 fully saturated rings. The van der Waals surface area contributed by atoms with Gasteiger partial charge in [0, 0.05) is 0 Å². The molecular weight excluding hydrogens is 645 g/mol. The van der Waals surface area contributed by atoms with Crippen LogP contribution in [0.25, 0.3) is 5.76 Å². The van der Waals surface area contributed by atoms with Crippen LogP contribution >= 0.6 is 7.26 Å². The van der Waals surface area contributed by atoms with Gasteiger partial charge in [-0.1, -0.05) is 103 Å². The fourth-order valence-electron chi connectivity index (χ4n) is 4.29. The lowest BCUT2D eigenvalue weighted by Crippen LogP contribution is -3.61. The third-order valence-electron chi connectivity index (χ3n) is 5.88. The molecule has 0 atom stereocenters. The molecule has 0 aliphatic heterocycles. The Morgan fingerprint density at radius 3 is 1.15 bits per heavy atom. The molecule has 0 unspecified atom stereocenters. The van der Waals surface area contributed by atoms with E-state index in [1.54, 1.807) is 0 Å². The minimum Gasteiger partial charge on any atom is -0.867 e. The quantitative estimate of drug-likeness (QED) is 0.0848. The van der Waals surface area contributed by atoms with E-state index >= 15 is 0 Å². The molecule has 0 heterocycles. The zero-order chi connectivity index (χ0) is 28.4. The lowest BCUT2D eigenvalue weighted by molar-refractivity contribution is -0.568. The summed E-state index contributed by atoms with van der Waals surface area (Å²) in [6, 6.07) is 52.3. The predicted molar refractivity (Wildman–Crippen MR) is 154 cm³/mol. The topological polar surface area (TPSA) is 23.1 Å². The minimum absolute atomic E-state index is 0.159. The Bertz CT molecular complexity index is 1400. The maximum atomic E-state index is 14.5. The summed E-state index contributed by atoms with van der Waals surface area (Å²) in [6.45, 7) is 0.